The maximum atomic E-state index is 13.5. The van der Waals surface area contributed by atoms with Crippen LogP contribution in [0.3, 0.4) is 0 Å². The van der Waals surface area contributed by atoms with Crippen molar-refractivity contribution >= 4 is 11.9 Å². The van der Waals surface area contributed by atoms with Gasteiger partial charge in [0.1, 0.15) is 6.04 Å². The highest BCUT2D eigenvalue weighted by molar-refractivity contribution is 5.76. The van der Waals surface area contributed by atoms with Crippen molar-refractivity contribution in [2.24, 2.45) is 0 Å². The molecular formula is C43H83NO6. The van der Waals surface area contributed by atoms with E-state index < -0.39 is 11.9 Å². The molecule has 7 heteroatoms. The van der Waals surface area contributed by atoms with E-state index in [1.807, 2.05) is 0 Å². The van der Waals surface area contributed by atoms with Crippen LogP contribution in [0.1, 0.15) is 227 Å². The van der Waals surface area contributed by atoms with Gasteiger partial charge in [-0.3, -0.25) is 9.59 Å². The minimum absolute atomic E-state index is 0.101. The fraction of sp³-hybridized carbons (Fsp3) is 0.953. The van der Waals surface area contributed by atoms with Crippen LogP contribution >= 0.6 is 0 Å². The number of rotatable bonds is 36. The fourth-order valence-electron chi connectivity index (χ4n) is 7.21. The van der Waals surface area contributed by atoms with E-state index >= 15 is 0 Å². The van der Waals surface area contributed by atoms with E-state index in [0.717, 1.165) is 77.0 Å². The normalized spacial score (nSPS) is 17.9. The quantitative estimate of drug-likeness (QED) is 0.0380. The first kappa shape index (κ1) is 46.8. The second-order valence-electron chi connectivity index (χ2n) is 15.4. The molecule has 1 aliphatic rings. The van der Waals surface area contributed by atoms with Crippen molar-refractivity contribution in [2.75, 3.05) is 13.2 Å². The van der Waals surface area contributed by atoms with Crippen LogP contribution < -0.4 is 5.32 Å². The zero-order valence-electron chi connectivity index (χ0n) is 33.6. The number of unbranched alkanes of at least 4 members (excludes halogenated alkanes) is 20. The first-order valence-electron chi connectivity index (χ1n) is 21.9. The van der Waals surface area contributed by atoms with Crippen LogP contribution in [0, 0.1) is 0 Å². The lowest BCUT2D eigenvalue weighted by molar-refractivity contribution is -0.259. The third kappa shape index (κ3) is 24.9. The Morgan fingerprint density at radius 3 is 1.64 bits per heavy atom. The molecule has 1 aliphatic heterocycles. The van der Waals surface area contributed by atoms with Crippen LogP contribution in [0.25, 0.3) is 0 Å². The van der Waals surface area contributed by atoms with Gasteiger partial charge in [-0.25, -0.2) is 0 Å². The van der Waals surface area contributed by atoms with Gasteiger partial charge in [0.15, 0.2) is 0 Å². The summed E-state index contributed by atoms with van der Waals surface area (Å²) in [5, 5.41) is 12.6. The number of hydrogen-bond acceptors (Lipinski definition) is 7. The van der Waals surface area contributed by atoms with E-state index in [1.165, 1.54) is 109 Å². The number of ether oxygens (including phenoxy) is 3. The smallest absolute Gasteiger partial charge is 0.323 e. The highest BCUT2D eigenvalue weighted by Gasteiger charge is 2.37. The molecule has 1 rings (SSSR count). The second kappa shape index (κ2) is 32.5. The van der Waals surface area contributed by atoms with Crippen molar-refractivity contribution in [2.45, 2.75) is 251 Å². The van der Waals surface area contributed by atoms with Crippen LogP contribution in [0.4, 0.5) is 0 Å². The SMILES string of the molecule is CCCCCCCCC(CCCCCC)OC(CCCCCC)(CCCCCCCC)OC(=O)CCCCCCCOC(=O)[C@@H]1CC(O)CN1. The largest absolute Gasteiger partial charge is 0.465 e. The molecule has 0 spiro atoms. The van der Waals surface area contributed by atoms with E-state index in [1.54, 1.807) is 0 Å². The summed E-state index contributed by atoms with van der Waals surface area (Å²) in [5.41, 5.74) is 0. The Morgan fingerprint density at radius 2 is 1.10 bits per heavy atom. The molecule has 0 aromatic carbocycles. The first-order valence-corrected chi connectivity index (χ1v) is 21.9. The van der Waals surface area contributed by atoms with Crippen molar-refractivity contribution in [1.82, 2.24) is 5.32 Å². The summed E-state index contributed by atoms with van der Waals surface area (Å²) < 4.78 is 19.1. The zero-order valence-corrected chi connectivity index (χ0v) is 33.6. The minimum atomic E-state index is -0.804. The molecule has 0 aliphatic carbocycles. The monoisotopic (exact) mass is 710 g/mol. The molecule has 0 amide bonds. The molecular weight excluding hydrogens is 626 g/mol. The number of β-amino-alcohol motifs (C(OH)–C–C–N with tert-alkyl or cyclic N) is 1. The average molecular weight is 710 g/mol. The Hall–Kier alpha value is -1.18. The molecule has 0 aromatic rings. The minimum Gasteiger partial charge on any atom is -0.465 e. The van der Waals surface area contributed by atoms with Gasteiger partial charge >= 0.3 is 11.9 Å². The lowest BCUT2D eigenvalue weighted by Gasteiger charge is -2.37. The van der Waals surface area contributed by atoms with E-state index in [9.17, 15) is 14.7 Å². The van der Waals surface area contributed by atoms with Crippen molar-refractivity contribution in [3.05, 3.63) is 0 Å². The van der Waals surface area contributed by atoms with Crippen molar-refractivity contribution in [3.63, 3.8) is 0 Å². The molecule has 0 saturated carbocycles. The van der Waals surface area contributed by atoms with Crippen LogP contribution in [0.15, 0.2) is 0 Å². The Kier molecular flexibility index (Phi) is 30.4. The molecule has 0 bridgehead atoms. The number of hydrogen-bond donors (Lipinski definition) is 2. The maximum Gasteiger partial charge on any atom is 0.323 e. The highest BCUT2D eigenvalue weighted by atomic mass is 16.7. The number of carbonyl (C=O) groups excluding carboxylic acids is 2. The molecule has 0 aromatic heterocycles. The van der Waals surface area contributed by atoms with Gasteiger partial charge in [-0.2, -0.15) is 0 Å². The Labute approximate surface area is 309 Å². The van der Waals surface area contributed by atoms with E-state index in [-0.39, 0.29) is 24.1 Å². The molecule has 2 N–H and O–H groups in total. The molecule has 50 heavy (non-hydrogen) atoms. The van der Waals surface area contributed by atoms with Crippen LogP contribution in [-0.2, 0) is 23.8 Å². The Balaban J connectivity index is 2.79. The summed E-state index contributed by atoms with van der Waals surface area (Å²) in [6.07, 6.45) is 33.3. The van der Waals surface area contributed by atoms with E-state index in [2.05, 4.69) is 33.0 Å². The number of nitrogens with one attached hydrogen (secondary N) is 1. The molecule has 0 radical (unpaired) electrons. The maximum absolute atomic E-state index is 13.5. The highest BCUT2D eigenvalue weighted by Crippen LogP contribution is 2.33. The zero-order chi connectivity index (χ0) is 36.5. The second-order valence-corrected chi connectivity index (χ2v) is 15.4. The van der Waals surface area contributed by atoms with E-state index in [4.69, 9.17) is 14.2 Å². The number of esters is 2. The summed E-state index contributed by atoms with van der Waals surface area (Å²) in [6, 6.07) is -0.383. The number of aliphatic hydroxyl groups excluding tert-OH is 1. The summed E-state index contributed by atoms with van der Waals surface area (Å²) in [6.45, 7) is 9.91. The van der Waals surface area contributed by atoms with Crippen molar-refractivity contribution in [3.8, 4) is 0 Å². The van der Waals surface area contributed by atoms with Gasteiger partial charge in [0.05, 0.1) is 18.8 Å². The van der Waals surface area contributed by atoms with Gasteiger partial charge in [0.2, 0.25) is 5.79 Å². The summed E-state index contributed by atoms with van der Waals surface area (Å²) in [4.78, 5) is 25.7. The topological polar surface area (TPSA) is 94.1 Å². The van der Waals surface area contributed by atoms with Crippen molar-refractivity contribution < 1.29 is 28.9 Å². The van der Waals surface area contributed by atoms with Gasteiger partial charge < -0.3 is 24.6 Å². The van der Waals surface area contributed by atoms with Crippen LogP contribution in [0.5, 0.6) is 0 Å². The fourth-order valence-corrected chi connectivity index (χ4v) is 7.21. The first-order chi connectivity index (χ1) is 24.4. The summed E-state index contributed by atoms with van der Waals surface area (Å²) in [7, 11) is 0. The lowest BCUT2D eigenvalue weighted by Crippen LogP contribution is -2.42. The lowest BCUT2D eigenvalue weighted by atomic mass is 9.97. The predicted molar refractivity (Wildman–Crippen MR) is 208 cm³/mol. The van der Waals surface area contributed by atoms with Crippen molar-refractivity contribution in [1.29, 1.82) is 0 Å². The van der Waals surface area contributed by atoms with Gasteiger partial charge in [-0.05, 0) is 38.5 Å². The van der Waals surface area contributed by atoms with Crippen LogP contribution in [-0.4, -0.2) is 54.2 Å². The predicted octanol–water partition coefficient (Wildman–Crippen LogP) is 11.7. The molecule has 7 nitrogen and oxygen atoms in total. The molecule has 4 atom stereocenters. The van der Waals surface area contributed by atoms with Gasteiger partial charge in [-0.15, -0.1) is 0 Å². The molecule has 296 valence electrons. The molecule has 1 heterocycles. The summed E-state index contributed by atoms with van der Waals surface area (Å²) >= 11 is 0. The third-order valence-corrected chi connectivity index (χ3v) is 10.4. The Bertz CT molecular complexity index is 793. The standard InChI is InChI=1S/C43H83NO6/c1-5-9-13-17-20-25-31-39(30-24-15-11-7-3)49-43(33-27-16-12-8-4,34-28-22-18-14-10-6-2)50-41(46)32-26-21-19-23-29-35-48-42(47)40-36-38(45)37-44-40/h38-40,44-45H,5-37H2,1-4H3/t38?,39?,40-,43?/m0/s1. The number of carbonyl (C=O) groups is 2. The van der Waals surface area contributed by atoms with Crippen LogP contribution in [0.2, 0.25) is 0 Å². The summed E-state index contributed by atoms with van der Waals surface area (Å²) in [5.74, 6) is -1.17. The number of aliphatic hydroxyl groups is 1. The third-order valence-electron chi connectivity index (χ3n) is 10.4. The Morgan fingerprint density at radius 1 is 0.640 bits per heavy atom. The van der Waals surface area contributed by atoms with Gasteiger partial charge in [0.25, 0.3) is 0 Å². The van der Waals surface area contributed by atoms with E-state index in [0.29, 0.717) is 26.0 Å². The molecule has 3 unspecified atom stereocenters. The molecule has 1 fully saturated rings. The average Bonchev–Trinajstić information content (AvgIpc) is 3.55. The van der Waals surface area contributed by atoms with Gasteiger partial charge in [0, 0.05) is 32.2 Å². The van der Waals surface area contributed by atoms with Gasteiger partial charge in [-0.1, -0.05) is 163 Å². The molecule has 1 saturated heterocycles.